The third-order valence-corrected chi connectivity index (χ3v) is 5.06. The molecule has 1 heterocycles. The van der Waals surface area contributed by atoms with Gasteiger partial charge in [0.2, 0.25) is 0 Å². The quantitative estimate of drug-likeness (QED) is 0.443. The topological polar surface area (TPSA) is 113 Å². The number of nitrogens with one attached hydrogen (secondary N) is 1. The van der Waals surface area contributed by atoms with Gasteiger partial charge < -0.3 is 19.4 Å². The van der Waals surface area contributed by atoms with E-state index in [4.69, 9.17) is 26.0 Å². The highest BCUT2D eigenvalue weighted by Gasteiger charge is 2.26. The number of rotatable bonds is 10. The zero-order chi connectivity index (χ0) is 24.3. The number of hydrogen-bond acceptors (Lipinski definition) is 6. The number of ether oxygens (including phenoxy) is 1. The summed E-state index contributed by atoms with van der Waals surface area (Å²) in [5.41, 5.74) is 1.28. The smallest absolute Gasteiger partial charge is 0.329 e. The van der Waals surface area contributed by atoms with Crippen LogP contribution in [0, 0.1) is 11.3 Å². The van der Waals surface area contributed by atoms with E-state index in [9.17, 15) is 14.4 Å². The summed E-state index contributed by atoms with van der Waals surface area (Å²) in [7, 11) is 0. The Labute approximate surface area is 201 Å². The van der Waals surface area contributed by atoms with Crippen LogP contribution < -0.4 is 10.2 Å². The lowest BCUT2D eigenvalue weighted by molar-refractivity contribution is -0.149. The van der Waals surface area contributed by atoms with E-state index in [1.165, 1.54) is 17.2 Å². The second-order valence-electron chi connectivity index (χ2n) is 7.23. The molecule has 3 rings (SSSR count). The van der Waals surface area contributed by atoms with Gasteiger partial charge >= 0.3 is 5.97 Å². The first kappa shape index (κ1) is 24.6. The minimum Gasteiger partial charge on any atom is -0.459 e. The molecule has 1 unspecified atom stereocenters. The molecule has 0 aliphatic carbocycles. The van der Waals surface area contributed by atoms with Gasteiger partial charge in [0.1, 0.15) is 6.04 Å². The lowest BCUT2D eigenvalue weighted by atomic mass is 10.1. The Morgan fingerprint density at radius 2 is 1.88 bits per heavy atom. The molecule has 1 atom stereocenters. The van der Waals surface area contributed by atoms with Crippen molar-refractivity contribution in [2.75, 3.05) is 18.1 Å². The van der Waals surface area contributed by atoms with Crippen molar-refractivity contribution in [3.05, 3.63) is 89.3 Å². The third-order valence-electron chi connectivity index (χ3n) is 4.82. The van der Waals surface area contributed by atoms with Gasteiger partial charge in [-0.15, -0.1) is 0 Å². The van der Waals surface area contributed by atoms with Gasteiger partial charge in [0.15, 0.2) is 12.4 Å². The highest BCUT2D eigenvalue weighted by atomic mass is 35.5. The van der Waals surface area contributed by atoms with E-state index in [0.717, 1.165) is 5.56 Å². The van der Waals surface area contributed by atoms with E-state index in [1.807, 2.05) is 36.4 Å². The van der Waals surface area contributed by atoms with Crippen LogP contribution in [0.5, 0.6) is 0 Å². The van der Waals surface area contributed by atoms with Gasteiger partial charge in [0.25, 0.3) is 11.8 Å². The van der Waals surface area contributed by atoms with Crippen LogP contribution in [-0.2, 0) is 20.7 Å². The molecule has 1 N–H and O–H groups in total. The van der Waals surface area contributed by atoms with Gasteiger partial charge in [-0.1, -0.05) is 48.0 Å². The molecule has 174 valence electrons. The van der Waals surface area contributed by atoms with E-state index in [1.54, 1.807) is 30.3 Å². The zero-order valence-corrected chi connectivity index (χ0v) is 18.9. The molecular weight excluding hydrogens is 458 g/mol. The summed E-state index contributed by atoms with van der Waals surface area (Å²) in [5.74, 6) is -1.83. The lowest BCUT2D eigenvalue weighted by Crippen LogP contribution is -2.44. The normalized spacial score (nSPS) is 11.2. The van der Waals surface area contributed by atoms with Gasteiger partial charge in [0, 0.05) is 23.7 Å². The van der Waals surface area contributed by atoms with Crippen molar-refractivity contribution in [2.45, 2.75) is 18.9 Å². The van der Waals surface area contributed by atoms with E-state index in [2.05, 4.69) is 5.32 Å². The average molecular weight is 480 g/mol. The average Bonchev–Trinajstić information content (AvgIpc) is 3.38. The van der Waals surface area contributed by atoms with Crippen molar-refractivity contribution >= 4 is 35.1 Å². The Morgan fingerprint density at radius 1 is 1.09 bits per heavy atom. The summed E-state index contributed by atoms with van der Waals surface area (Å²) >= 11 is 6.03. The number of benzene rings is 2. The molecule has 0 saturated heterocycles. The molecule has 2 aromatic carbocycles. The Morgan fingerprint density at radius 3 is 2.56 bits per heavy atom. The molecule has 2 amide bonds. The first-order valence-corrected chi connectivity index (χ1v) is 10.8. The van der Waals surface area contributed by atoms with Gasteiger partial charge in [-0.25, -0.2) is 4.79 Å². The van der Waals surface area contributed by atoms with Crippen molar-refractivity contribution in [1.29, 1.82) is 5.26 Å². The van der Waals surface area contributed by atoms with E-state index >= 15 is 0 Å². The van der Waals surface area contributed by atoms with E-state index in [0.29, 0.717) is 10.7 Å². The number of esters is 1. The summed E-state index contributed by atoms with van der Waals surface area (Å²) < 4.78 is 10.4. The summed E-state index contributed by atoms with van der Waals surface area (Å²) in [6.45, 7) is -0.464. The molecule has 0 saturated carbocycles. The van der Waals surface area contributed by atoms with Crippen LogP contribution in [0.25, 0.3) is 0 Å². The van der Waals surface area contributed by atoms with Crippen molar-refractivity contribution in [3.8, 4) is 6.07 Å². The van der Waals surface area contributed by atoms with Gasteiger partial charge in [0.05, 0.1) is 18.8 Å². The van der Waals surface area contributed by atoms with Crippen LogP contribution in [0.3, 0.4) is 0 Å². The minimum atomic E-state index is -1.05. The number of halogens is 1. The minimum absolute atomic E-state index is 0.0468. The molecule has 34 heavy (non-hydrogen) atoms. The molecule has 0 bridgehead atoms. The molecular formula is C25H22ClN3O5. The second kappa shape index (κ2) is 12.2. The van der Waals surface area contributed by atoms with Crippen LogP contribution in [-0.4, -0.2) is 37.0 Å². The molecule has 3 aromatic rings. The number of furan rings is 1. The number of nitrogens with zero attached hydrogens (tertiary/aromatic N) is 2. The summed E-state index contributed by atoms with van der Waals surface area (Å²) in [6.07, 6.45) is 1.60. The maximum atomic E-state index is 12.9. The Hall–Kier alpha value is -4.09. The van der Waals surface area contributed by atoms with Crippen LogP contribution in [0.1, 0.15) is 22.5 Å². The number of hydrogen-bond donors (Lipinski definition) is 1. The number of amides is 2. The Bertz CT molecular complexity index is 1160. The largest absolute Gasteiger partial charge is 0.459 e. The van der Waals surface area contributed by atoms with Crippen molar-refractivity contribution in [3.63, 3.8) is 0 Å². The predicted molar refractivity (Wildman–Crippen MR) is 125 cm³/mol. The fourth-order valence-corrected chi connectivity index (χ4v) is 3.38. The predicted octanol–water partition coefficient (Wildman–Crippen LogP) is 3.76. The van der Waals surface area contributed by atoms with Crippen LogP contribution in [0.15, 0.2) is 77.4 Å². The number of carbonyl (C=O) groups is 3. The summed E-state index contributed by atoms with van der Waals surface area (Å²) in [4.78, 5) is 39.5. The molecule has 0 radical (unpaired) electrons. The molecule has 9 heteroatoms. The Kier molecular flexibility index (Phi) is 8.83. The second-order valence-corrected chi connectivity index (χ2v) is 7.67. The zero-order valence-electron chi connectivity index (χ0n) is 18.1. The SMILES string of the molecule is N#CCCN(C(=O)COC(=O)C(Cc1ccccc1)NC(=O)c1ccco1)c1cccc(Cl)c1. The van der Waals surface area contributed by atoms with Gasteiger partial charge in [-0.05, 0) is 35.9 Å². The highest BCUT2D eigenvalue weighted by Crippen LogP contribution is 2.20. The van der Waals surface area contributed by atoms with Gasteiger partial charge in [-0.3, -0.25) is 9.59 Å². The number of anilines is 1. The highest BCUT2D eigenvalue weighted by molar-refractivity contribution is 6.30. The molecule has 0 spiro atoms. The van der Waals surface area contributed by atoms with Crippen LogP contribution in [0.4, 0.5) is 5.69 Å². The van der Waals surface area contributed by atoms with Crippen molar-refractivity contribution < 1.29 is 23.5 Å². The maximum Gasteiger partial charge on any atom is 0.329 e. The summed E-state index contributed by atoms with van der Waals surface area (Å²) in [6, 6.07) is 19.7. The molecule has 0 fully saturated rings. The van der Waals surface area contributed by atoms with E-state index < -0.39 is 30.4 Å². The van der Waals surface area contributed by atoms with Crippen molar-refractivity contribution in [1.82, 2.24) is 5.32 Å². The van der Waals surface area contributed by atoms with Gasteiger partial charge in [-0.2, -0.15) is 5.26 Å². The van der Waals surface area contributed by atoms with Crippen LogP contribution >= 0.6 is 11.6 Å². The monoisotopic (exact) mass is 479 g/mol. The lowest BCUT2D eigenvalue weighted by Gasteiger charge is -2.23. The Balaban J connectivity index is 1.70. The molecule has 8 nitrogen and oxygen atoms in total. The standard InChI is InChI=1S/C25H22ClN3O5/c26-19-9-4-10-20(16-19)29(13-6-12-27)23(30)17-34-25(32)21(15-18-7-2-1-3-8-18)28-24(31)22-11-5-14-33-22/h1-5,7-11,14,16,21H,6,13,15,17H2,(H,28,31). The fourth-order valence-electron chi connectivity index (χ4n) is 3.20. The summed E-state index contributed by atoms with van der Waals surface area (Å²) in [5, 5.41) is 12.0. The molecule has 0 aliphatic heterocycles. The maximum absolute atomic E-state index is 12.9. The third kappa shape index (κ3) is 6.95. The van der Waals surface area contributed by atoms with Crippen LogP contribution in [0.2, 0.25) is 5.02 Å². The first-order valence-electron chi connectivity index (χ1n) is 10.5. The van der Waals surface area contributed by atoms with Crippen molar-refractivity contribution in [2.24, 2.45) is 0 Å². The molecule has 0 aliphatic rings. The number of nitriles is 1. The van der Waals surface area contributed by atoms with E-state index in [-0.39, 0.29) is 25.1 Å². The molecule has 1 aromatic heterocycles. The first-order chi connectivity index (χ1) is 16.5. The fraction of sp³-hybridized carbons (Fsp3) is 0.200. The number of carbonyl (C=O) groups excluding carboxylic acids is 3.